The summed E-state index contributed by atoms with van der Waals surface area (Å²) in [5.41, 5.74) is 1.18. The first-order valence-electron chi connectivity index (χ1n) is 7.89. The third-order valence-corrected chi connectivity index (χ3v) is 4.83. The first kappa shape index (κ1) is 19.5. The van der Waals surface area contributed by atoms with E-state index in [9.17, 15) is 14.0 Å². The van der Waals surface area contributed by atoms with Crippen molar-refractivity contribution in [3.63, 3.8) is 0 Å². The summed E-state index contributed by atoms with van der Waals surface area (Å²) >= 11 is 1.13. The third-order valence-electron chi connectivity index (χ3n) is 3.64. The van der Waals surface area contributed by atoms with Gasteiger partial charge in [0.2, 0.25) is 0 Å². The minimum absolute atomic E-state index is 0.206. The van der Waals surface area contributed by atoms with Crippen LogP contribution in [0.5, 0.6) is 0 Å². The molecule has 0 spiro atoms. The minimum Gasteiger partial charge on any atom is -0.448 e. The van der Waals surface area contributed by atoms with Crippen LogP contribution in [-0.4, -0.2) is 41.5 Å². The van der Waals surface area contributed by atoms with Crippen LogP contribution >= 0.6 is 11.3 Å². The average molecular weight is 375 g/mol. The van der Waals surface area contributed by atoms with E-state index in [2.05, 4.69) is 4.98 Å². The number of esters is 1. The molecule has 0 fully saturated rings. The van der Waals surface area contributed by atoms with E-state index in [1.54, 1.807) is 26.1 Å². The Morgan fingerprint density at radius 3 is 2.65 bits per heavy atom. The Morgan fingerprint density at radius 1 is 1.38 bits per heavy atom. The lowest BCUT2D eigenvalue weighted by Gasteiger charge is -2.20. The molecule has 0 aliphatic heterocycles. The van der Waals surface area contributed by atoms with E-state index in [-0.39, 0.29) is 24.7 Å². The Morgan fingerprint density at radius 2 is 2.04 bits per heavy atom. The molecular formula is C18H18FN3O3S. The molecule has 0 bridgehead atoms. The van der Waals surface area contributed by atoms with Crippen LogP contribution in [0.3, 0.4) is 0 Å². The minimum atomic E-state index is -0.970. The van der Waals surface area contributed by atoms with Crippen molar-refractivity contribution in [2.75, 3.05) is 13.6 Å². The number of halogens is 1. The number of nitrogens with zero attached hydrogens (tertiary/aromatic N) is 3. The van der Waals surface area contributed by atoms with Crippen molar-refractivity contribution >= 4 is 23.2 Å². The monoisotopic (exact) mass is 375 g/mol. The quantitative estimate of drug-likeness (QED) is 0.724. The molecule has 0 unspecified atom stereocenters. The summed E-state index contributed by atoms with van der Waals surface area (Å²) in [7, 11) is 1.55. The standard InChI is InChI=1S/C18H18FN3O3S/c1-11-15(26-16(21-11)13-5-7-14(19)8-6-13)18(24)25-12(2)17(23)22(3)10-4-9-20/h5-8,12H,4,10H2,1-3H3/t12-/m0/s1. The number of carbonyl (C=O) groups is 2. The Balaban J connectivity index is 2.09. The lowest BCUT2D eigenvalue weighted by molar-refractivity contribution is -0.138. The largest absolute Gasteiger partial charge is 0.448 e. The fraction of sp³-hybridized carbons (Fsp3) is 0.333. The van der Waals surface area contributed by atoms with Gasteiger partial charge >= 0.3 is 5.97 Å². The number of aryl methyl sites for hydroxylation is 1. The number of likely N-dealkylation sites (N-methyl/N-ethyl adjacent to an activating group) is 1. The molecule has 0 aliphatic rings. The zero-order chi connectivity index (χ0) is 19.3. The number of hydrogen-bond acceptors (Lipinski definition) is 6. The number of aromatic nitrogens is 1. The van der Waals surface area contributed by atoms with Crippen molar-refractivity contribution < 1.29 is 18.7 Å². The molecule has 0 saturated carbocycles. The van der Waals surface area contributed by atoms with Crippen LogP contribution in [0, 0.1) is 24.1 Å². The van der Waals surface area contributed by atoms with Gasteiger partial charge in [-0.05, 0) is 38.1 Å². The zero-order valence-corrected chi connectivity index (χ0v) is 15.5. The van der Waals surface area contributed by atoms with Crippen molar-refractivity contribution in [1.82, 2.24) is 9.88 Å². The van der Waals surface area contributed by atoms with Gasteiger partial charge in [-0.3, -0.25) is 4.79 Å². The van der Waals surface area contributed by atoms with Crippen LogP contribution < -0.4 is 0 Å². The normalized spacial score (nSPS) is 11.5. The van der Waals surface area contributed by atoms with Gasteiger partial charge in [0.25, 0.3) is 5.91 Å². The van der Waals surface area contributed by atoms with Crippen molar-refractivity contribution in [2.24, 2.45) is 0 Å². The van der Waals surface area contributed by atoms with Crippen LogP contribution in [0.25, 0.3) is 10.6 Å². The number of ether oxygens (including phenoxy) is 1. The topological polar surface area (TPSA) is 83.3 Å². The molecule has 2 aromatic rings. The smallest absolute Gasteiger partial charge is 0.351 e. The Kier molecular flexibility index (Phi) is 6.41. The van der Waals surface area contributed by atoms with Gasteiger partial charge in [0.15, 0.2) is 6.10 Å². The van der Waals surface area contributed by atoms with E-state index in [1.807, 2.05) is 6.07 Å². The summed E-state index contributed by atoms with van der Waals surface area (Å²) in [5.74, 6) is -1.37. The Bertz CT molecular complexity index is 842. The van der Waals surface area contributed by atoms with Crippen molar-refractivity contribution in [1.29, 1.82) is 5.26 Å². The van der Waals surface area contributed by atoms with Crippen molar-refractivity contribution in [3.05, 3.63) is 40.7 Å². The summed E-state index contributed by atoms with van der Waals surface area (Å²) in [4.78, 5) is 30.5. The number of amides is 1. The van der Waals surface area contributed by atoms with Crippen molar-refractivity contribution in [2.45, 2.75) is 26.4 Å². The second kappa shape index (κ2) is 8.54. The lowest BCUT2D eigenvalue weighted by Crippen LogP contribution is -2.37. The van der Waals surface area contributed by atoms with Gasteiger partial charge in [0, 0.05) is 19.2 Å². The predicted octanol–water partition coefficient (Wildman–Crippen LogP) is 3.18. The third kappa shape index (κ3) is 4.64. The van der Waals surface area contributed by atoms with Crippen molar-refractivity contribution in [3.8, 4) is 16.6 Å². The predicted molar refractivity (Wildman–Crippen MR) is 95.0 cm³/mol. The summed E-state index contributed by atoms with van der Waals surface area (Å²) in [5, 5.41) is 9.14. The highest BCUT2D eigenvalue weighted by Crippen LogP contribution is 2.28. The Hall–Kier alpha value is -2.79. The van der Waals surface area contributed by atoms with Crippen LogP contribution in [-0.2, 0) is 9.53 Å². The summed E-state index contributed by atoms with van der Waals surface area (Å²) < 4.78 is 18.3. The fourth-order valence-corrected chi connectivity index (χ4v) is 3.16. The molecule has 136 valence electrons. The molecule has 6 nitrogen and oxygen atoms in total. The van der Waals surface area contributed by atoms with E-state index in [1.165, 1.54) is 24.0 Å². The number of rotatable bonds is 6. The number of thiazole rings is 1. The maximum atomic E-state index is 13.0. The molecule has 2 rings (SSSR count). The highest BCUT2D eigenvalue weighted by atomic mass is 32.1. The van der Waals surface area contributed by atoms with Gasteiger partial charge in [0.05, 0.1) is 18.2 Å². The SMILES string of the molecule is Cc1nc(-c2ccc(F)cc2)sc1C(=O)O[C@@H](C)C(=O)N(C)CCC#N. The van der Waals surface area contributed by atoms with E-state index in [4.69, 9.17) is 10.00 Å². The second-order valence-electron chi connectivity index (χ2n) is 5.66. The first-order valence-corrected chi connectivity index (χ1v) is 8.71. The van der Waals surface area contributed by atoms with Crippen LogP contribution in [0.2, 0.25) is 0 Å². The molecule has 8 heteroatoms. The number of nitriles is 1. The molecule has 1 heterocycles. The molecule has 0 N–H and O–H groups in total. The van der Waals surface area contributed by atoms with Gasteiger partial charge < -0.3 is 9.64 Å². The maximum Gasteiger partial charge on any atom is 0.351 e. The van der Waals surface area contributed by atoms with Gasteiger partial charge in [-0.25, -0.2) is 14.2 Å². The van der Waals surface area contributed by atoms with E-state index >= 15 is 0 Å². The zero-order valence-electron chi connectivity index (χ0n) is 14.7. The van der Waals surface area contributed by atoms with E-state index < -0.39 is 12.1 Å². The highest BCUT2D eigenvalue weighted by molar-refractivity contribution is 7.17. The molecule has 1 aromatic carbocycles. The number of hydrogen-bond donors (Lipinski definition) is 0. The Labute approximate surface area is 154 Å². The molecule has 1 amide bonds. The van der Waals surface area contributed by atoms with E-state index in [0.29, 0.717) is 21.1 Å². The van der Waals surface area contributed by atoms with Gasteiger partial charge in [-0.15, -0.1) is 11.3 Å². The molecular weight excluding hydrogens is 357 g/mol. The van der Waals surface area contributed by atoms with Crippen LogP contribution in [0.15, 0.2) is 24.3 Å². The average Bonchev–Trinajstić information content (AvgIpc) is 3.01. The summed E-state index contributed by atoms with van der Waals surface area (Å²) in [6, 6.07) is 7.76. The molecule has 1 aromatic heterocycles. The molecule has 26 heavy (non-hydrogen) atoms. The molecule has 1 atom stereocenters. The van der Waals surface area contributed by atoms with E-state index in [0.717, 1.165) is 11.3 Å². The number of carbonyl (C=O) groups excluding carboxylic acids is 2. The molecule has 0 radical (unpaired) electrons. The first-order chi connectivity index (χ1) is 12.3. The van der Waals surface area contributed by atoms with Gasteiger partial charge in [-0.1, -0.05) is 0 Å². The maximum absolute atomic E-state index is 13.0. The fourth-order valence-electron chi connectivity index (χ4n) is 2.20. The van der Waals surface area contributed by atoms with Crippen LogP contribution in [0.1, 0.15) is 28.7 Å². The molecule has 0 aliphatic carbocycles. The van der Waals surface area contributed by atoms with Crippen LogP contribution in [0.4, 0.5) is 4.39 Å². The highest BCUT2D eigenvalue weighted by Gasteiger charge is 2.25. The van der Waals surface area contributed by atoms with Gasteiger partial charge in [0.1, 0.15) is 15.7 Å². The summed E-state index contributed by atoms with van der Waals surface area (Å²) in [6.07, 6.45) is -0.764. The summed E-state index contributed by atoms with van der Waals surface area (Å²) in [6.45, 7) is 3.43. The van der Waals surface area contributed by atoms with Gasteiger partial charge in [-0.2, -0.15) is 5.26 Å². The second-order valence-corrected chi connectivity index (χ2v) is 6.65. The molecule has 0 saturated heterocycles. The lowest BCUT2D eigenvalue weighted by atomic mass is 10.2. The number of benzene rings is 1.